The van der Waals surface area contributed by atoms with Gasteiger partial charge in [-0.2, -0.15) is 0 Å². The smallest absolute Gasteiger partial charge is 0.123 e. The molecule has 0 fully saturated rings. The molecule has 2 aromatic heterocycles. The molecule has 92 valence electrons. The van der Waals surface area contributed by atoms with Gasteiger partial charge < -0.3 is 14.7 Å². The molecule has 0 saturated heterocycles. The molecule has 3 rings (SSSR count). The van der Waals surface area contributed by atoms with Gasteiger partial charge in [-0.05, 0) is 36.4 Å². The molecule has 3 aromatic rings. The summed E-state index contributed by atoms with van der Waals surface area (Å²) in [6.45, 7) is 2.81. The topological polar surface area (TPSA) is 41.0 Å². The second-order valence-electron chi connectivity index (χ2n) is 4.35. The lowest BCUT2D eigenvalue weighted by atomic mass is 10.2. The zero-order valence-electron chi connectivity index (χ0n) is 10.4. The van der Waals surface area contributed by atoms with E-state index in [9.17, 15) is 0 Å². The summed E-state index contributed by atoms with van der Waals surface area (Å²) in [4.78, 5) is 3.19. The highest BCUT2D eigenvalue weighted by Gasteiger charge is 2.01. The van der Waals surface area contributed by atoms with Crippen LogP contribution in [0.2, 0.25) is 0 Å². The van der Waals surface area contributed by atoms with E-state index in [-0.39, 0.29) is 0 Å². The summed E-state index contributed by atoms with van der Waals surface area (Å²) in [5, 5.41) is 4.59. The van der Waals surface area contributed by atoms with E-state index in [4.69, 9.17) is 4.42 Å². The quantitative estimate of drug-likeness (QED) is 0.725. The van der Waals surface area contributed by atoms with Gasteiger partial charge in [-0.1, -0.05) is 6.92 Å². The number of aromatic amines is 1. The SMILES string of the molecule is CCc1ccc(CNc2ccc3[nH]ccc3c2)o1. The minimum Gasteiger partial charge on any atom is -0.464 e. The largest absolute Gasteiger partial charge is 0.464 e. The number of furan rings is 1. The number of aryl methyl sites for hydroxylation is 1. The van der Waals surface area contributed by atoms with E-state index in [1.165, 1.54) is 5.39 Å². The molecule has 2 heterocycles. The zero-order valence-corrected chi connectivity index (χ0v) is 10.4. The fraction of sp³-hybridized carbons (Fsp3) is 0.200. The van der Waals surface area contributed by atoms with Gasteiger partial charge in [0.15, 0.2) is 0 Å². The molecule has 0 unspecified atom stereocenters. The number of anilines is 1. The third kappa shape index (κ3) is 2.12. The highest BCUT2D eigenvalue weighted by Crippen LogP contribution is 2.18. The summed E-state index contributed by atoms with van der Waals surface area (Å²) >= 11 is 0. The van der Waals surface area contributed by atoms with Crippen LogP contribution < -0.4 is 5.32 Å². The molecule has 18 heavy (non-hydrogen) atoms. The average molecular weight is 240 g/mol. The van der Waals surface area contributed by atoms with Crippen molar-refractivity contribution in [3.63, 3.8) is 0 Å². The molecular formula is C15H16N2O. The van der Waals surface area contributed by atoms with Crippen LogP contribution in [-0.2, 0) is 13.0 Å². The molecule has 0 aliphatic rings. The normalized spacial score (nSPS) is 10.9. The number of benzene rings is 1. The lowest BCUT2D eigenvalue weighted by Gasteiger charge is -2.04. The van der Waals surface area contributed by atoms with Gasteiger partial charge in [0, 0.05) is 29.2 Å². The summed E-state index contributed by atoms with van der Waals surface area (Å²) in [7, 11) is 0. The van der Waals surface area contributed by atoms with E-state index in [0.717, 1.165) is 35.7 Å². The van der Waals surface area contributed by atoms with Gasteiger partial charge in [-0.25, -0.2) is 0 Å². The van der Waals surface area contributed by atoms with Crippen molar-refractivity contribution >= 4 is 16.6 Å². The summed E-state index contributed by atoms with van der Waals surface area (Å²) in [5.41, 5.74) is 2.27. The Hall–Kier alpha value is -2.16. The van der Waals surface area contributed by atoms with Crippen LogP contribution in [0.25, 0.3) is 10.9 Å². The first-order valence-electron chi connectivity index (χ1n) is 6.24. The highest BCUT2D eigenvalue weighted by atomic mass is 16.3. The Bertz CT molecular complexity index is 651. The molecular weight excluding hydrogens is 224 g/mol. The van der Waals surface area contributed by atoms with Crippen LogP contribution >= 0.6 is 0 Å². The maximum Gasteiger partial charge on any atom is 0.123 e. The van der Waals surface area contributed by atoms with Crippen molar-refractivity contribution in [1.82, 2.24) is 4.98 Å². The number of hydrogen-bond acceptors (Lipinski definition) is 2. The number of rotatable bonds is 4. The van der Waals surface area contributed by atoms with Crippen LogP contribution in [0.5, 0.6) is 0 Å². The van der Waals surface area contributed by atoms with Gasteiger partial charge in [0.1, 0.15) is 11.5 Å². The van der Waals surface area contributed by atoms with E-state index < -0.39 is 0 Å². The Labute approximate surface area is 106 Å². The number of fused-ring (bicyclic) bond motifs is 1. The molecule has 3 nitrogen and oxygen atoms in total. The van der Waals surface area contributed by atoms with Crippen LogP contribution in [0, 0.1) is 0 Å². The lowest BCUT2D eigenvalue weighted by molar-refractivity contribution is 0.476. The number of hydrogen-bond donors (Lipinski definition) is 2. The molecule has 0 aliphatic carbocycles. The van der Waals surface area contributed by atoms with Crippen molar-refractivity contribution in [2.75, 3.05) is 5.32 Å². The highest BCUT2D eigenvalue weighted by molar-refractivity contribution is 5.82. The fourth-order valence-corrected chi connectivity index (χ4v) is 2.06. The summed E-state index contributed by atoms with van der Waals surface area (Å²) in [6, 6.07) is 12.4. The van der Waals surface area contributed by atoms with Gasteiger partial charge in [0.05, 0.1) is 6.54 Å². The van der Waals surface area contributed by atoms with Crippen molar-refractivity contribution in [3.8, 4) is 0 Å². The van der Waals surface area contributed by atoms with E-state index >= 15 is 0 Å². The van der Waals surface area contributed by atoms with E-state index in [1.54, 1.807) is 0 Å². The Morgan fingerprint density at radius 1 is 1.11 bits per heavy atom. The first-order valence-corrected chi connectivity index (χ1v) is 6.24. The minimum atomic E-state index is 0.718. The molecule has 0 bridgehead atoms. The van der Waals surface area contributed by atoms with Crippen molar-refractivity contribution in [3.05, 3.63) is 54.1 Å². The molecule has 0 spiro atoms. The van der Waals surface area contributed by atoms with E-state index in [2.05, 4.69) is 41.5 Å². The van der Waals surface area contributed by atoms with Gasteiger partial charge in [0.25, 0.3) is 0 Å². The zero-order chi connectivity index (χ0) is 12.4. The molecule has 0 saturated carbocycles. The fourth-order valence-electron chi connectivity index (χ4n) is 2.06. The van der Waals surface area contributed by atoms with E-state index in [1.807, 2.05) is 18.3 Å². The van der Waals surface area contributed by atoms with Crippen LogP contribution in [0.4, 0.5) is 5.69 Å². The second-order valence-corrected chi connectivity index (χ2v) is 4.35. The van der Waals surface area contributed by atoms with Gasteiger partial charge in [0.2, 0.25) is 0 Å². The Morgan fingerprint density at radius 3 is 2.83 bits per heavy atom. The van der Waals surface area contributed by atoms with Crippen LogP contribution in [0.15, 0.2) is 47.0 Å². The predicted octanol–water partition coefficient (Wildman–Crippen LogP) is 3.94. The Morgan fingerprint density at radius 2 is 2.00 bits per heavy atom. The van der Waals surface area contributed by atoms with Crippen LogP contribution in [0.1, 0.15) is 18.4 Å². The monoisotopic (exact) mass is 240 g/mol. The number of aromatic nitrogens is 1. The molecule has 1 aromatic carbocycles. The Balaban J connectivity index is 1.72. The van der Waals surface area contributed by atoms with Crippen molar-refractivity contribution < 1.29 is 4.42 Å². The van der Waals surface area contributed by atoms with Crippen molar-refractivity contribution in [2.45, 2.75) is 19.9 Å². The first kappa shape index (κ1) is 11.0. The Kier molecular flexibility index (Phi) is 2.81. The third-order valence-electron chi connectivity index (χ3n) is 3.09. The number of nitrogens with one attached hydrogen (secondary N) is 2. The minimum absolute atomic E-state index is 0.718. The summed E-state index contributed by atoms with van der Waals surface area (Å²) in [6.07, 6.45) is 2.89. The second kappa shape index (κ2) is 4.61. The molecule has 0 aliphatic heterocycles. The van der Waals surface area contributed by atoms with Crippen LogP contribution in [0.3, 0.4) is 0 Å². The van der Waals surface area contributed by atoms with Gasteiger partial charge >= 0.3 is 0 Å². The maximum absolute atomic E-state index is 5.66. The standard InChI is InChI=1S/C15H16N2O/c1-2-13-4-5-14(18-13)10-17-12-3-6-15-11(9-12)7-8-16-15/h3-9,16-17H,2,10H2,1H3. The number of H-pyrrole nitrogens is 1. The molecule has 0 radical (unpaired) electrons. The molecule has 2 N–H and O–H groups in total. The van der Waals surface area contributed by atoms with Crippen molar-refractivity contribution in [2.24, 2.45) is 0 Å². The van der Waals surface area contributed by atoms with Gasteiger partial charge in [-0.3, -0.25) is 0 Å². The summed E-state index contributed by atoms with van der Waals surface area (Å²) in [5.74, 6) is 2.01. The molecule has 0 atom stereocenters. The average Bonchev–Trinajstić information content (AvgIpc) is 3.04. The van der Waals surface area contributed by atoms with E-state index in [0.29, 0.717) is 0 Å². The molecule has 0 amide bonds. The summed E-state index contributed by atoms with van der Waals surface area (Å²) < 4.78 is 5.66. The van der Waals surface area contributed by atoms with Crippen LogP contribution in [-0.4, -0.2) is 4.98 Å². The lowest BCUT2D eigenvalue weighted by Crippen LogP contribution is -1.97. The maximum atomic E-state index is 5.66. The molecule has 3 heteroatoms. The van der Waals surface area contributed by atoms with Crippen molar-refractivity contribution in [1.29, 1.82) is 0 Å². The van der Waals surface area contributed by atoms with Gasteiger partial charge in [-0.15, -0.1) is 0 Å². The first-order chi connectivity index (χ1) is 8.85. The predicted molar refractivity (Wildman–Crippen MR) is 73.7 cm³/mol. The third-order valence-corrected chi connectivity index (χ3v) is 3.09.